The molecule has 12 heavy (non-hydrogen) atoms. The molecular formula is C7H11ClN4. The van der Waals surface area contributed by atoms with Crippen LogP contribution in [0.15, 0.2) is 0 Å². The molecule has 0 aliphatic heterocycles. The van der Waals surface area contributed by atoms with Crippen LogP contribution in [-0.2, 0) is 6.42 Å². The zero-order valence-corrected chi connectivity index (χ0v) is 7.81. The summed E-state index contributed by atoms with van der Waals surface area (Å²) in [5.41, 5.74) is 3.25. The summed E-state index contributed by atoms with van der Waals surface area (Å²) in [5, 5.41) is 0.454. The zero-order chi connectivity index (χ0) is 9.14. The van der Waals surface area contributed by atoms with Gasteiger partial charge in [0.05, 0.1) is 0 Å². The number of nitrogens with one attached hydrogen (secondary N) is 1. The minimum Gasteiger partial charge on any atom is -0.308 e. The molecule has 1 heterocycles. The highest BCUT2D eigenvalue weighted by molar-refractivity contribution is 6.30. The molecule has 0 bridgehead atoms. The second kappa shape index (κ2) is 3.69. The van der Waals surface area contributed by atoms with Gasteiger partial charge in [0.25, 0.3) is 0 Å². The summed E-state index contributed by atoms with van der Waals surface area (Å²) >= 11 is 5.83. The van der Waals surface area contributed by atoms with E-state index in [4.69, 9.17) is 17.4 Å². The second-order valence-corrected chi connectivity index (χ2v) is 2.76. The fourth-order valence-corrected chi connectivity index (χ4v) is 1.02. The van der Waals surface area contributed by atoms with Crippen molar-refractivity contribution in [3.63, 3.8) is 0 Å². The molecule has 0 aliphatic rings. The highest BCUT2D eigenvalue weighted by atomic mass is 35.5. The Kier molecular flexibility index (Phi) is 2.83. The third-order valence-electron chi connectivity index (χ3n) is 1.59. The average molecular weight is 187 g/mol. The molecule has 4 nitrogen and oxygen atoms in total. The number of aromatic nitrogens is 2. The van der Waals surface area contributed by atoms with Crippen molar-refractivity contribution in [2.45, 2.75) is 20.3 Å². The monoisotopic (exact) mass is 186 g/mol. The molecule has 0 aromatic carbocycles. The topological polar surface area (TPSA) is 63.8 Å². The minimum absolute atomic E-state index is 0.454. The summed E-state index contributed by atoms with van der Waals surface area (Å²) < 4.78 is 0. The molecule has 3 N–H and O–H groups in total. The molecule has 0 radical (unpaired) electrons. The van der Waals surface area contributed by atoms with Crippen LogP contribution < -0.4 is 11.3 Å². The van der Waals surface area contributed by atoms with Crippen molar-refractivity contribution in [3.05, 3.63) is 16.5 Å². The summed E-state index contributed by atoms with van der Waals surface area (Å²) in [6, 6.07) is 0. The van der Waals surface area contributed by atoms with Gasteiger partial charge in [-0.3, -0.25) is 0 Å². The Bertz CT molecular complexity index is 287. The van der Waals surface area contributed by atoms with Crippen molar-refractivity contribution in [3.8, 4) is 0 Å². The van der Waals surface area contributed by atoms with Gasteiger partial charge >= 0.3 is 0 Å². The van der Waals surface area contributed by atoms with Crippen LogP contribution in [0, 0.1) is 6.92 Å². The van der Waals surface area contributed by atoms with Crippen LogP contribution >= 0.6 is 11.6 Å². The van der Waals surface area contributed by atoms with Gasteiger partial charge in [0.1, 0.15) is 16.8 Å². The number of nitrogens with zero attached hydrogens (tertiary/aromatic N) is 2. The van der Waals surface area contributed by atoms with Crippen LogP contribution in [0.2, 0.25) is 5.15 Å². The predicted octanol–water partition coefficient (Wildman–Crippen LogP) is 1.29. The van der Waals surface area contributed by atoms with Gasteiger partial charge < -0.3 is 5.43 Å². The standard InChI is InChI=1S/C7H11ClN4/c1-3-5-10-6(8)4(2)7(11-5)12-9/h3,9H2,1-2H3,(H,10,11,12). The van der Waals surface area contributed by atoms with Crippen molar-refractivity contribution in [2.75, 3.05) is 5.43 Å². The van der Waals surface area contributed by atoms with Gasteiger partial charge in [0.15, 0.2) is 0 Å². The molecular weight excluding hydrogens is 176 g/mol. The van der Waals surface area contributed by atoms with E-state index in [-0.39, 0.29) is 0 Å². The first kappa shape index (κ1) is 9.22. The van der Waals surface area contributed by atoms with Gasteiger partial charge in [0, 0.05) is 12.0 Å². The summed E-state index contributed by atoms with van der Waals surface area (Å²) in [7, 11) is 0. The van der Waals surface area contributed by atoms with E-state index in [1.54, 1.807) is 0 Å². The number of hydrogen-bond donors (Lipinski definition) is 2. The molecule has 1 rings (SSSR count). The number of nitrogens with two attached hydrogens (primary N) is 1. The smallest absolute Gasteiger partial charge is 0.148 e. The van der Waals surface area contributed by atoms with Crippen LogP contribution in [0.5, 0.6) is 0 Å². The second-order valence-electron chi connectivity index (χ2n) is 2.40. The molecule has 5 heteroatoms. The van der Waals surface area contributed by atoms with Crippen molar-refractivity contribution in [1.29, 1.82) is 0 Å². The van der Waals surface area contributed by atoms with E-state index in [1.807, 2.05) is 13.8 Å². The summed E-state index contributed by atoms with van der Waals surface area (Å²) in [5.74, 6) is 6.53. The predicted molar refractivity (Wildman–Crippen MR) is 49.0 cm³/mol. The quantitative estimate of drug-likeness (QED) is 0.415. The summed E-state index contributed by atoms with van der Waals surface area (Å²) in [6.45, 7) is 3.78. The Balaban J connectivity index is 3.19. The van der Waals surface area contributed by atoms with Crippen molar-refractivity contribution in [1.82, 2.24) is 9.97 Å². The lowest BCUT2D eigenvalue weighted by Gasteiger charge is -2.06. The molecule has 0 fully saturated rings. The first-order valence-corrected chi connectivity index (χ1v) is 4.06. The van der Waals surface area contributed by atoms with E-state index in [9.17, 15) is 0 Å². The maximum Gasteiger partial charge on any atom is 0.148 e. The molecule has 0 aliphatic carbocycles. The van der Waals surface area contributed by atoms with Gasteiger partial charge in [-0.15, -0.1) is 0 Å². The van der Waals surface area contributed by atoms with Gasteiger partial charge in [-0.1, -0.05) is 18.5 Å². The molecule has 66 valence electrons. The number of hydrazine groups is 1. The Morgan fingerprint density at radius 2 is 2.17 bits per heavy atom. The van der Waals surface area contributed by atoms with Crippen LogP contribution in [0.4, 0.5) is 5.82 Å². The average Bonchev–Trinajstić information content (AvgIpc) is 2.09. The maximum atomic E-state index is 5.83. The van der Waals surface area contributed by atoms with Crippen LogP contribution in [0.25, 0.3) is 0 Å². The van der Waals surface area contributed by atoms with E-state index in [0.717, 1.165) is 12.0 Å². The van der Waals surface area contributed by atoms with E-state index in [2.05, 4.69) is 15.4 Å². The maximum absolute atomic E-state index is 5.83. The third kappa shape index (κ3) is 1.65. The fraction of sp³-hybridized carbons (Fsp3) is 0.429. The number of rotatable bonds is 2. The Labute approximate surface area is 76.1 Å². The Morgan fingerprint density at radius 3 is 2.67 bits per heavy atom. The third-order valence-corrected chi connectivity index (χ3v) is 1.95. The minimum atomic E-state index is 0.454. The Hall–Kier alpha value is -0.870. The number of anilines is 1. The van der Waals surface area contributed by atoms with E-state index in [1.165, 1.54) is 0 Å². The van der Waals surface area contributed by atoms with E-state index >= 15 is 0 Å². The first-order valence-electron chi connectivity index (χ1n) is 3.68. The number of hydrogen-bond acceptors (Lipinski definition) is 4. The van der Waals surface area contributed by atoms with Crippen LogP contribution in [-0.4, -0.2) is 9.97 Å². The summed E-state index contributed by atoms with van der Waals surface area (Å²) in [4.78, 5) is 8.20. The summed E-state index contributed by atoms with van der Waals surface area (Å²) in [6.07, 6.45) is 0.745. The lowest BCUT2D eigenvalue weighted by molar-refractivity contribution is 0.928. The van der Waals surface area contributed by atoms with Crippen molar-refractivity contribution < 1.29 is 0 Å². The first-order chi connectivity index (χ1) is 5.69. The molecule has 0 unspecified atom stereocenters. The zero-order valence-electron chi connectivity index (χ0n) is 7.06. The van der Waals surface area contributed by atoms with Crippen LogP contribution in [0.3, 0.4) is 0 Å². The molecule has 0 saturated carbocycles. The lowest BCUT2D eigenvalue weighted by atomic mass is 10.3. The molecule has 0 saturated heterocycles. The number of nitrogen functional groups attached to an aromatic ring is 1. The number of aryl methyl sites for hydroxylation is 1. The SMILES string of the molecule is CCc1nc(Cl)c(C)c(NN)n1. The normalized spacial score (nSPS) is 10.0. The van der Waals surface area contributed by atoms with E-state index < -0.39 is 0 Å². The van der Waals surface area contributed by atoms with Gasteiger partial charge in [0.2, 0.25) is 0 Å². The molecule has 1 aromatic rings. The Morgan fingerprint density at radius 1 is 1.50 bits per heavy atom. The largest absolute Gasteiger partial charge is 0.308 e. The van der Waals surface area contributed by atoms with Crippen molar-refractivity contribution >= 4 is 17.4 Å². The molecule has 0 amide bonds. The van der Waals surface area contributed by atoms with Crippen LogP contribution in [0.1, 0.15) is 18.3 Å². The highest BCUT2D eigenvalue weighted by Crippen LogP contribution is 2.18. The van der Waals surface area contributed by atoms with Gasteiger partial charge in [-0.2, -0.15) is 0 Å². The van der Waals surface area contributed by atoms with Crippen molar-refractivity contribution in [2.24, 2.45) is 5.84 Å². The highest BCUT2D eigenvalue weighted by Gasteiger charge is 2.06. The van der Waals surface area contributed by atoms with Gasteiger partial charge in [-0.25, -0.2) is 15.8 Å². The lowest BCUT2D eigenvalue weighted by Crippen LogP contribution is -2.12. The van der Waals surface area contributed by atoms with E-state index in [0.29, 0.717) is 16.8 Å². The molecule has 0 spiro atoms. The van der Waals surface area contributed by atoms with Gasteiger partial charge in [-0.05, 0) is 6.92 Å². The molecule has 0 atom stereocenters. The fourth-order valence-electron chi connectivity index (χ4n) is 0.831. The number of halogens is 1. The molecule has 1 aromatic heterocycles.